The maximum absolute atomic E-state index is 12.1. The van der Waals surface area contributed by atoms with Crippen LogP contribution in [-0.4, -0.2) is 22.8 Å². The number of thiazole rings is 1. The smallest absolute Gasteiger partial charge is 0.271 e. The summed E-state index contributed by atoms with van der Waals surface area (Å²) in [5.74, 6) is 0.194. The van der Waals surface area contributed by atoms with Crippen LogP contribution in [-0.2, 0) is 4.79 Å². The van der Waals surface area contributed by atoms with Crippen molar-refractivity contribution in [3.05, 3.63) is 11.1 Å². The fourth-order valence-electron chi connectivity index (χ4n) is 2.36. The van der Waals surface area contributed by atoms with E-state index in [4.69, 9.17) is 0 Å². The molecule has 0 aromatic carbocycles. The maximum Gasteiger partial charge on any atom is 0.271 e. The number of aromatic nitrogens is 1. The van der Waals surface area contributed by atoms with Crippen LogP contribution < -0.4 is 10.6 Å². The number of rotatable bonds is 3. The van der Waals surface area contributed by atoms with Crippen LogP contribution in [0.5, 0.6) is 0 Å². The predicted octanol–water partition coefficient (Wildman–Crippen LogP) is 2.41. The third kappa shape index (κ3) is 3.76. The highest BCUT2D eigenvalue weighted by Crippen LogP contribution is 2.24. The van der Waals surface area contributed by atoms with Crippen LogP contribution in [0.15, 0.2) is 5.38 Å². The number of carbonyl (C=O) groups is 2. The van der Waals surface area contributed by atoms with Crippen LogP contribution in [0.4, 0.5) is 5.13 Å². The molecule has 1 saturated carbocycles. The standard InChI is InChI=1S/C13H19N3O2S/c1-8-5-3-4-6-10(8)15-12(18)11-7-19-13(16-11)14-9(2)17/h7-8,10H,3-6H2,1-2H3,(H,15,18)(H,14,16,17)/t8-,10+/m0/s1. The molecule has 0 saturated heterocycles. The second kappa shape index (κ2) is 6.14. The topological polar surface area (TPSA) is 71.1 Å². The molecule has 19 heavy (non-hydrogen) atoms. The fourth-order valence-corrected chi connectivity index (χ4v) is 3.10. The van der Waals surface area contributed by atoms with Crippen molar-refractivity contribution < 1.29 is 9.59 Å². The minimum atomic E-state index is -0.179. The van der Waals surface area contributed by atoms with Crippen molar-refractivity contribution in [1.29, 1.82) is 0 Å². The van der Waals surface area contributed by atoms with Crippen LogP contribution in [0.1, 0.15) is 50.0 Å². The Morgan fingerprint density at radius 3 is 2.79 bits per heavy atom. The molecule has 1 heterocycles. The van der Waals surface area contributed by atoms with Crippen LogP contribution in [0.25, 0.3) is 0 Å². The van der Waals surface area contributed by atoms with E-state index in [9.17, 15) is 9.59 Å². The number of amides is 2. The summed E-state index contributed by atoms with van der Waals surface area (Å²) in [6.45, 7) is 3.60. The summed E-state index contributed by atoms with van der Waals surface area (Å²) in [4.78, 5) is 27.1. The van der Waals surface area contributed by atoms with Crippen LogP contribution >= 0.6 is 11.3 Å². The first kappa shape index (κ1) is 14.0. The minimum Gasteiger partial charge on any atom is -0.348 e. The third-order valence-electron chi connectivity index (χ3n) is 3.45. The quantitative estimate of drug-likeness (QED) is 0.893. The van der Waals surface area contributed by atoms with Gasteiger partial charge in [0.1, 0.15) is 5.69 Å². The van der Waals surface area contributed by atoms with Gasteiger partial charge in [-0.1, -0.05) is 19.8 Å². The molecule has 5 nitrogen and oxygen atoms in total. The van der Waals surface area contributed by atoms with Gasteiger partial charge in [-0.15, -0.1) is 11.3 Å². The first-order chi connectivity index (χ1) is 9.06. The lowest BCUT2D eigenvalue weighted by atomic mass is 9.86. The Bertz CT molecular complexity index is 472. The largest absolute Gasteiger partial charge is 0.348 e. The van der Waals surface area contributed by atoms with E-state index in [2.05, 4.69) is 22.5 Å². The minimum absolute atomic E-state index is 0.147. The van der Waals surface area contributed by atoms with Crippen molar-refractivity contribution in [1.82, 2.24) is 10.3 Å². The summed E-state index contributed by atoms with van der Waals surface area (Å²) in [6.07, 6.45) is 4.62. The number of nitrogens with one attached hydrogen (secondary N) is 2. The molecule has 0 aliphatic heterocycles. The number of hydrogen-bond donors (Lipinski definition) is 2. The molecule has 2 rings (SSSR count). The summed E-state index contributed by atoms with van der Waals surface area (Å²) >= 11 is 1.27. The average Bonchev–Trinajstić information content (AvgIpc) is 2.79. The van der Waals surface area contributed by atoms with Crippen LogP contribution in [0, 0.1) is 5.92 Å². The molecule has 0 radical (unpaired) electrons. The lowest BCUT2D eigenvalue weighted by Crippen LogP contribution is -2.41. The monoisotopic (exact) mass is 281 g/mol. The zero-order valence-electron chi connectivity index (χ0n) is 11.2. The first-order valence-corrected chi connectivity index (χ1v) is 7.48. The van der Waals surface area contributed by atoms with Crippen molar-refractivity contribution in [2.24, 2.45) is 5.92 Å². The van der Waals surface area contributed by atoms with Crippen molar-refractivity contribution in [2.75, 3.05) is 5.32 Å². The molecule has 104 valence electrons. The molecule has 2 atom stereocenters. The van der Waals surface area contributed by atoms with Gasteiger partial charge in [-0.05, 0) is 18.8 Å². The molecule has 2 N–H and O–H groups in total. The third-order valence-corrected chi connectivity index (χ3v) is 4.21. The van der Waals surface area contributed by atoms with Gasteiger partial charge >= 0.3 is 0 Å². The maximum atomic E-state index is 12.1. The highest BCUT2D eigenvalue weighted by atomic mass is 32.1. The average molecular weight is 281 g/mol. The Labute approximate surface area is 116 Å². The van der Waals surface area contributed by atoms with Gasteiger partial charge in [-0.25, -0.2) is 4.98 Å². The molecule has 0 spiro atoms. The Morgan fingerprint density at radius 2 is 2.11 bits per heavy atom. The first-order valence-electron chi connectivity index (χ1n) is 6.60. The normalized spacial score (nSPS) is 22.8. The zero-order chi connectivity index (χ0) is 13.8. The molecule has 1 aliphatic rings. The van der Waals surface area contributed by atoms with Crippen molar-refractivity contribution in [3.8, 4) is 0 Å². The summed E-state index contributed by atoms with van der Waals surface area (Å²) in [5, 5.41) is 7.77. The van der Waals surface area contributed by atoms with E-state index in [-0.39, 0.29) is 17.9 Å². The summed E-state index contributed by atoms with van der Waals surface area (Å²) < 4.78 is 0. The van der Waals surface area contributed by atoms with Gasteiger partial charge < -0.3 is 10.6 Å². The number of hydrogen-bond acceptors (Lipinski definition) is 4. The Morgan fingerprint density at radius 1 is 1.37 bits per heavy atom. The molecule has 0 unspecified atom stereocenters. The van der Waals surface area contributed by atoms with Gasteiger partial charge in [0.05, 0.1) is 0 Å². The molecular weight excluding hydrogens is 262 g/mol. The number of anilines is 1. The fraction of sp³-hybridized carbons (Fsp3) is 0.615. The Kier molecular flexibility index (Phi) is 4.52. The lowest BCUT2D eigenvalue weighted by Gasteiger charge is -2.29. The van der Waals surface area contributed by atoms with Gasteiger partial charge in [0, 0.05) is 18.3 Å². The highest BCUT2D eigenvalue weighted by Gasteiger charge is 2.24. The van der Waals surface area contributed by atoms with Gasteiger partial charge in [0.2, 0.25) is 5.91 Å². The molecule has 6 heteroatoms. The highest BCUT2D eigenvalue weighted by molar-refractivity contribution is 7.14. The summed E-state index contributed by atoms with van der Waals surface area (Å²) in [6, 6.07) is 0.243. The predicted molar refractivity (Wildman–Crippen MR) is 75.3 cm³/mol. The van der Waals surface area contributed by atoms with Gasteiger partial charge in [0.25, 0.3) is 5.91 Å². The molecular formula is C13H19N3O2S. The zero-order valence-corrected chi connectivity index (χ0v) is 12.0. The van der Waals surface area contributed by atoms with Crippen LogP contribution in [0.2, 0.25) is 0 Å². The van der Waals surface area contributed by atoms with E-state index < -0.39 is 0 Å². The Hall–Kier alpha value is -1.43. The second-order valence-corrected chi connectivity index (χ2v) is 5.92. The van der Waals surface area contributed by atoms with Crippen LogP contribution in [0.3, 0.4) is 0 Å². The van der Waals surface area contributed by atoms with Crippen molar-refractivity contribution >= 4 is 28.3 Å². The molecule has 1 fully saturated rings. The Balaban J connectivity index is 1.95. The second-order valence-electron chi connectivity index (χ2n) is 5.06. The molecule has 0 bridgehead atoms. The molecule has 1 aromatic rings. The van der Waals surface area contributed by atoms with E-state index in [1.165, 1.54) is 37.5 Å². The van der Waals surface area contributed by atoms with E-state index in [1.54, 1.807) is 5.38 Å². The van der Waals surface area contributed by atoms with E-state index in [1.807, 2.05) is 0 Å². The molecule has 1 aliphatic carbocycles. The SMILES string of the molecule is CC(=O)Nc1nc(C(=O)N[C@@H]2CCCC[C@@H]2C)cs1. The number of carbonyl (C=O) groups excluding carboxylic acids is 2. The van der Waals surface area contributed by atoms with E-state index in [0.717, 1.165) is 6.42 Å². The van der Waals surface area contributed by atoms with E-state index >= 15 is 0 Å². The van der Waals surface area contributed by atoms with Crippen molar-refractivity contribution in [2.45, 2.75) is 45.6 Å². The van der Waals surface area contributed by atoms with Crippen molar-refractivity contribution in [3.63, 3.8) is 0 Å². The van der Waals surface area contributed by atoms with Gasteiger partial charge in [-0.2, -0.15) is 0 Å². The molecule has 2 amide bonds. The lowest BCUT2D eigenvalue weighted by molar-refractivity contribution is -0.114. The number of nitrogens with zero attached hydrogens (tertiary/aromatic N) is 1. The summed E-state index contributed by atoms with van der Waals surface area (Å²) in [7, 11) is 0. The van der Waals surface area contributed by atoms with Gasteiger partial charge in [0.15, 0.2) is 5.13 Å². The summed E-state index contributed by atoms with van der Waals surface area (Å²) in [5.41, 5.74) is 0.381. The van der Waals surface area contributed by atoms with E-state index in [0.29, 0.717) is 16.7 Å². The van der Waals surface area contributed by atoms with Gasteiger partial charge in [-0.3, -0.25) is 9.59 Å². The molecule has 1 aromatic heterocycles.